The first kappa shape index (κ1) is 19.6. The average molecular weight is 319 g/mol. The number of unbranched alkanes of at least 4 members (excludes halogenated alkanes) is 1. The lowest BCUT2D eigenvalue weighted by Gasteiger charge is -2.06. The molecule has 0 unspecified atom stereocenters. The third-order valence-corrected chi connectivity index (χ3v) is 2.76. The highest BCUT2D eigenvalue weighted by Gasteiger charge is 2.35. The van der Waals surface area contributed by atoms with E-state index < -0.39 is 36.1 Å². The van der Waals surface area contributed by atoms with Crippen molar-refractivity contribution >= 4 is 24.0 Å². The Morgan fingerprint density at radius 1 is 1.32 bits per heavy atom. The van der Waals surface area contributed by atoms with E-state index in [1.54, 1.807) is 0 Å². The quantitative estimate of drug-likeness (QED) is 0.303. The van der Waals surface area contributed by atoms with Crippen LogP contribution >= 0.6 is 0 Å². The van der Waals surface area contributed by atoms with Gasteiger partial charge < -0.3 is 32.7 Å². The molecule has 0 radical (unpaired) electrons. The predicted molar refractivity (Wildman–Crippen MR) is 74.8 cm³/mol. The van der Waals surface area contributed by atoms with E-state index in [4.69, 9.17) is 27.4 Å². The minimum atomic E-state index is -1.19. The minimum Gasteiger partial charge on any atom is -0.480 e. The standard InChI is InChI=1S/C6H14N2O2.C5H7N3O4/c7-4-2-1-3-5(8)6(9)10;6-4(11)8-1-2(3(9)10)7-5(8)12/h5H,1-4,7-8H2,(H,9,10);2H,1H2,(H2,6,11)(H,7,12)(H,9,10)/t5-;2-/m00/s1. The van der Waals surface area contributed by atoms with E-state index in [9.17, 15) is 19.2 Å². The van der Waals surface area contributed by atoms with Gasteiger partial charge in [0, 0.05) is 0 Å². The topological polar surface area (TPSA) is 202 Å². The van der Waals surface area contributed by atoms with Crippen molar-refractivity contribution in [3.63, 3.8) is 0 Å². The Bertz CT molecular complexity index is 429. The molecule has 0 aromatic carbocycles. The Kier molecular flexibility index (Phi) is 8.48. The monoisotopic (exact) mass is 319 g/mol. The van der Waals surface area contributed by atoms with Crippen molar-refractivity contribution in [1.29, 1.82) is 0 Å². The van der Waals surface area contributed by atoms with Crippen molar-refractivity contribution in [3.8, 4) is 0 Å². The zero-order valence-corrected chi connectivity index (χ0v) is 11.9. The van der Waals surface area contributed by atoms with Crippen LogP contribution in [0.2, 0.25) is 0 Å². The SMILES string of the molecule is NC(=O)N1C[C@@H](C(=O)O)NC1=O.NCCCC[C@H](N)C(=O)O. The van der Waals surface area contributed by atoms with Crippen molar-refractivity contribution in [2.75, 3.05) is 13.1 Å². The number of imide groups is 1. The fourth-order valence-corrected chi connectivity index (χ4v) is 1.50. The summed E-state index contributed by atoms with van der Waals surface area (Å²) in [5.41, 5.74) is 15.2. The van der Waals surface area contributed by atoms with Crippen molar-refractivity contribution in [2.24, 2.45) is 17.2 Å². The smallest absolute Gasteiger partial charge is 0.328 e. The lowest BCUT2D eigenvalue weighted by Crippen LogP contribution is -2.38. The van der Waals surface area contributed by atoms with E-state index in [-0.39, 0.29) is 6.54 Å². The van der Waals surface area contributed by atoms with Gasteiger partial charge in [0.1, 0.15) is 12.1 Å². The van der Waals surface area contributed by atoms with Crippen molar-refractivity contribution in [2.45, 2.75) is 31.3 Å². The van der Waals surface area contributed by atoms with Gasteiger partial charge in [0.2, 0.25) is 0 Å². The third kappa shape index (κ3) is 6.85. The normalized spacial score (nSPS) is 18.0. The highest BCUT2D eigenvalue weighted by molar-refractivity contribution is 5.97. The molecule has 0 aromatic rings. The lowest BCUT2D eigenvalue weighted by atomic mass is 10.1. The number of hydrogen-bond donors (Lipinski definition) is 6. The summed E-state index contributed by atoms with van der Waals surface area (Å²) >= 11 is 0. The molecular formula is C11H21N5O6. The minimum absolute atomic E-state index is 0.219. The molecule has 0 spiro atoms. The largest absolute Gasteiger partial charge is 0.480 e. The molecule has 1 fully saturated rings. The number of nitrogens with two attached hydrogens (primary N) is 3. The zero-order valence-electron chi connectivity index (χ0n) is 11.9. The van der Waals surface area contributed by atoms with Gasteiger partial charge in [0.15, 0.2) is 0 Å². The fraction of sp³-hybridized carbons (Fsp3) is 0.636. The maximum atomic E-state index is 10.8. The van der Waals surface area contributed by atoms with Gasteiger partial charge in [-0.1, -0.05) is 6.42 Å². The number of carboxylic acids is 2. The molecule has 1 aliphatic heterocycles. The number of amides is 4. The lowest BCUT2D eigenvalue weighted by molar-refractivity contribution is -0.139. The first-order valence-electron chi connectivity index (χ1n) is 6.49. The predicted octanol–water partition coefficient (Wildman–Crippen LogP) is -1.93. The van der Waals surface area contributed by atoms with Gasteiger partial charge in [-0.05, 0) is 19.4 Å². The van der Waals surface area contributed by atoms with E-state index in [2.05, 4.69) is 5.32 Å². The average Bonchev–Trinajstić information content (AvgIpc) is 2.82. The molecule has 22 heavy (non-hydrogen) atoms. The van der Waals surface area contributed by atoms with Gasteiger partial charge in [-0.15, -0.1) is 0 Å². The van der Waals surface area contributed by atoms with Gasteiger partial charge in [-0.3, -0.25) is 4.79 Å². The van der Waals surface area contributed by atoms with Crippen LogP contribution in [0.5, 0.6) is 0 Å². The summed E-state index contributed by atoms with van der Waals surface area (Å²) in [6.45, 7) is 0.385. The summed E-state index contributed by atoms with van der Waals surface area (Å²) in [7, 11) is 0. The Balaban J connectivity index is 0.000000409. The number of nitrogens with zero attached hydrogens (tertiary/aromatic N) is 1. The zero-order chi connectivity index (χ0) is 17.3. The summed E-state index contributed by atoms with van der Waals surface area (Å²) in [6, 6.07) is -3.48. The maximum Gasteiger partial charge on any atom is 0.328 e. The molecule has 4 amide bonds. The van der Waals surface area contributed by atoms with Crippen LogP contribution in [0.1, 0.15) is 19.3 Å². The molecule has 9 N–H and O–H groups in total. The first-order chi connectivity index (χ1) is 10.2. The van der Waals surface area contributed by atoms with Gasteiger partial charge in [0.25, 0.3) is 0 Å². The molecule has 1 saturated heterocycles. The number of aliphatic carboxylic acids is 2. The summed E-state index contributed by atoms with van der Waals surface area (Å²) in [5, 5.41) is 18.8. The second-order valence-electron chi connectivity index (χ2n) is 4.52. The van der Waals surface area contributed by atoms with Crippen LogP contribution in [0.4, 0.5) is 9.59 Å². The number of urea groups is 2. The highest BCUT2D eigenvalue weighted by atomic mass is 16.4. The van der Waals surface area contributed by atoms with E-state index in [1.807, 2.05) is 0 Å². The second kappa shape index (κ2) is 9.52. The highest BCUT2D eigenvalue weighted by Crippen LogP contribution is 2.02. The molecule has 2 atom stereocenters. The molecule has 0 saturated carbocycles. The van der Waals surface area contributed by atoms with Crippen molar-refractivity contribution in [1.82, 2.24) is 10.2 Å². The van der Waals surface area contributed by atoms with E-state index in [1.165, 1.54) is 0 Å². The summed E-state index contributed by atoms with van der Waals surface area (Å²) in [5.74, 6) is -2.12. The van der Waals surface area contributed by atoms with Crippen LogP contribution in [-0.2, 0) is 9.59 Å². The molecule has 1 heterocycles. The van der Waals surface area contributed by atoms with E-state index >= 15 is 0 Å². The van der Waals surface area contributed by atoms with Crippen LogP contribution in [0.25, 0.3) is 0 Å². The molecule has 0 aliphatic carbocycles. The summed E-state index contributed by atoms with van der Waals surface area (Å²) in [6.07, 6.45) is 2.16. The molecule has 126 valence electrons. The van der Waals surface area contributed by atoms with Gasteiger partial charge in [-0.2, -0.15) is 0 Å². The maximum absolute atomic E-state index is 10.8. The number of rotatable bonds is 6. The first-order valence-corrected chi connectivity index (χ1v) is 6.49. The number of primary amides is 1. The Hall–Kier alpha value is -2.40. The van der Waals surface area contributed by atoms with Crippen LogP contribution in [0.3, 0.4) is 0 Å². The molecule has 1 rings (SSSR count). The van der Waals surface area contributed by atoms with E-state index in [0.717, 1.165) is 12.8 Å². The van der Waals surface area contributed by atoms with Gasteiger partial charge >= 0.3 is 24.0 Å². The summed E-state index contributed by atoms with van der Waals surface area (Å²) < 4.78 is 0. The number of hydrogen-bond acceptors (Lipinski definition) is 6. The van der Waals surface area contributed by atoms with Crippen molar-refractivity contribution in [3.05, 3.63) is 0 Å². The fourth-order valence-electron chi connectivity index (χ4n) is 1.50. The number of carbonyl (C=O) groups excluding carboxylic acids is 2. The van der Waals surface area contributed by atoms with Crippen LogP contribution in [-0.4, -0.2) is 64.3 Å². The number of carbonyl (C=O) groups is 4. The number of carboxylic acid groups (broad SMARTS) is 2. The van der Waals surface area contributed by atoms with Gasteiger partial charge in [0.05, 0.1) is 6.54 Å². The third-order valence-electron chi connectivity index (χ3n) is 2.76. The van der Waals surface area contributed by atoms with Crippen LogP contribution in [0, 0.1) is 0 Å². The molecule has 11 nitrogen and oxygen atoms in total. The van der Waals surface area contributed by atoms with E-state index in [0.29, 0.717) is 17.9 Å². The second-order valence-corrected chi connectivity index (χ2v) is 4.52. The Labute approximate surface area is 126 Å². The molecular weight excluding hydrogens is 298 g/mol. The number of nitrogens with one attached hydrogen (secondary N) is 1. The van der Waals surface area contributed by atoms with Gasteiger partial charge in [-0.25, -0.2) is 19.3 Å². The molecule has 1 aliphatic rings. The molecule has 11 heteroatoms. The molecule has 0 aromatic heterocycles. The Morgan fingerprint density at radius 2 is 1.91 bits per heavy atom. The Morgan fingerprint density at radius 3 is 2.23 bits per heavy atom. The van der Waals surface area contributed by atoms with Crippen LogP contribution in [0.15, 0.2) is 0 Å². The summed E-state index contributed by atoms with van der Waals surface area (Å²) in [4.78, 5) is 42.4. The van der Waals surface area contributed by atoms with Crippen LogP contribution < -0.4 is 22.5 Å². The van der Waals surface area contributed by atoms with Crippen molar-refractivity contribution < 1.29 is 29.4 Å². The molecule has 0 bridgehead atoms.